The van der Waals surface area contributed by atoms with Crippen molar-refractivity contribution in [3.05, 3.63) is 29.8 Å². The Bertz CT molecular complexity index is 638. The van der Waals surface area contributed by atoms with E-state index in [1.54, 1.807) is 7.05 Å². The molecule has 2 amide bonds. The van der Waals surface area contributed by atoms with Gasteiger partial charge in [0.25, 0.3) is 5.91 Å². The molecule has 0 saturated carbocycles. The van der Waals surface area contributed by atoms with Gasteiger partial charge in [-0.25, -0.2) is 0 Å². The van der Waals surface area contributed by atoms with Gasteiger partial charge in [0.15, 0.2) is 10.9 Å². The van der Waals surface area contributed by atoms with E-state index in [-0.39, 0.29) is 17.5 Å². The van der Waals surface area contributed by atoms with E-state index in [1.807, 2.05) is 24.3 Å². The first-order chi connectivity index (χ1) is 9.16. The van der Waals surface area contributed by atoms with Gasteiger partial charge in [0.2, 0.25) is 5.91 Å². The number of amides is 2. The number of nitrogens with one attached hydrogen (secondary N) is 1. The van der Waals surface area contributed by atoms with E-state index in [4.69, 9.17) is 0 Å². The fraction of sp³-hybridized carbons (Fsp3) is 0.167. The highest BCUT2D eigenvalue weighted by atomic mass is 32.2. The minimum Gasteiger partial charge on any atom is -0.320 e. The van der Waals surface area contributed by atoms with E-state index in [9.17, 15) is 9.59 Å². The number of thioether (sulfide) groups is 1. The summed E-state index contributed by atoms with van der Waals surface area (Å²) in [4.78, 5) is 24.6. The predicted molar refractivity (Wildman–Crippen MR) is 74.3 cm³/mol. The summed E-state index contributed by atoms with van der Waals surface area (Å²) in [5, 5.41) is 11.2. The maximum Gasteiger partial charge on any atom is 0.276 e. The van der Waals surface area contributed by atoms with Gasteiger partial charge in [-0.15, -0.1) is 10.2 Å². The number of carbonyl (C=O) groups is 2. The number of para-hydroxylation sites is 1. The third kappa shape index (κ3) is 2.01. The number of carbonyl (C=O) groups excluding carboxylic acids is 2. The summed E-state index contributed by atoms with van der Waals surface area (Å²) < 4.78 is 0. The van der Waals surface area contributed by atoms with Crippen molar-refractivity contribution in [2.24, 2.45) is 10.2 Å². The molecule has 1 fully saturated rings. The van der Waals surface area contributed by atoms with Crippen molar-refractivity contribution in [1.82, 2.24) is 4.90 Å². The van der Waals surface area contributed by atoms with Crippen molar-refractivity contribution in [1.29, 1.82) is 0 Å². The third-order valence-corrected chi connectivity index (χ3v) is 3.87. The van der Waals surface area contributed by atoms with Crippen LogP contribution in [-0.4, -0.2) is 40.4 Å². The van der Waals surface area contributed by atoms with Crippen molar-refractivity contribution >= 4 is 40.1 Å². The molecule has 0 unspecified atom stereocenters. The molecule has 2 heterocycles. The van der Waals surface area contributed by atoms with E-state index in [0.29, 0.717) is 10.9 Å². The SMILES string of the molecule is CN1C(=O)CS/C1=N\N=C1\C(=O)Nc2ccccc21. The summed E-state index contributed by atoms with van der Waals surface area (Å²) >= 11 is 1.31. The van der Waals surface area contributed by atoms with Gasteiger partial charge in [-0.2, -0.15) is 0 Å². The van der Waals surface area contributed by atoms with Crippen molar-refractivity contribution in [2.75, 3.05) is 18.1 Å². The van der Waals surface area contributed by atoms with Gasteiger partial charge in [-0.1, -0.05) is 30.0 Å². The van der Waals surface area contributed by atoms with Crippen LogP contribution in [0.25, 0.3) is 0 Å². The number of rotatable bonds is 1. The zero-order valence-electron chi connectivity index (χ0n) is 10.1. The largest absolute Gasteiger partial charge is 0.320 e. The van der Waals surface area contributed by atoms with Crippen LogP contribution in [0.2, 0.25) is 0 Å². The van der Waals surface area contributed by atoms with Gasteiger partial charge >= 0.3 is 0 Å². The Balaban J connectivity index is 1.95. The lowest BCUT2D eigenvalue weighted by Crippen LogP contribution is -2.24. The molecule has 0 atom stereocenters. The fourth-order valence-electron chi connectivity index (χ4n) is 1.82. The normalized spacial score (nSPS) is 22.3. The molecular weight excluding hydrogens is 264 g/mol. The van der Waals surface area contributed by atoms with Gasteiger partial charge in [0.1, 0.15) is 0 Å². The average Bonchev–Trinajstić information content (AvgIpc) is 2.89. The average molecular weight is 274 g/mol. The minimum atomic E-state index is -0.275. The highest BCUT2D eigenvalue weighted by Gasteiger charge is 2.27. The van der Waals surface area contributed by atoms with Crippen LogP contribution in [0.5, 0.6) is 0 Å². The van der Waals surface area contributed by atoms with Crippen LogP contribution in [0.4, 0.5) is 5.69 Å². The van der Waals surface area contributed by atoms with Crippen LogP contribution >= 0.6 is 11.8 Å². The molecule has 0 bridgehead atoms. The van der Waals surface area contributed by atoms with Crippen molar-refractivity contribution in [2.45, 2.75) is 0 Å². The summed E-state index contributed by atoms with van der Waals surface area (Å²) in [5.74, 6) is 0.0749. The summed E-state index contributed by atoms with van der Waals surface area (Å²) in [6.07, 6.45) is 0. The Morgan fingerprint density at radius 2 is 2.05 bits per heavy atom. The molecule has 0 radical (unpaired) electrons. The predicted octanol–water partition coefficient (Wildman–Crippen LogP) is 0.904. The molecule has 6 nitrogen and oxygen atoms in total. The molecule has 1 saturated heterocycles. The third-order valence-electron chi connectivity index (χ3n) is 2.87. The van der Waals surface area contributed by atoms with E-state index < -0.39 is 0 Å². The number of amidine groups is 1. The molecule has 1 aromatic carbocycles. The van der Waals surface area contributed by atoms with Crippen LogP contribution in [-0.2, 0) is 9.59 Å². The molecule has 0 spiro atoms. The van der Waals surface area contributed by atoms with E-state index in [0.717, 1.165) is 11.3 Å². The summed E-state index contributed by atoms with van der Waals surface area (Å²) in [6.45, 7) is 0. The molecular formula is C12H10N4O2S. The monoisotopic (exact) mass is 274 g/mol. The zero-order valence-corrected chi connectivity index (χ0v) is 10.9. The van der Waals surface area contributed by atoms with E-state index in [1.165, 1.54) is 16.7 Å². The molecule has 19 heavy (non-hydrogen) atoms. The van der Waals surface area contributed by atoms with Crippen LogP contribution in [0.15, 0.2) is 34.5 Å². The molecule has 1 N–H and O–H groups in total. The van der Waals surface area contributed by atoms with E-state index >= 15 is 0 Å². The maximum absolute atomic E-state index is 11.8. The first-order valence-corrected chi connectivity index (χ1v) is 6.61. The molecule has 3 rings (SSSR count). The van der Waals surface area contributed by atoms with Crippen LogP contribution < -0.4 is 5.32 Å². The van der Waals surface area contributed by atoms with Crippen LogP contribution in [0.3, 0.4) is 0 Å². The lowest BCUT2D eigenvalue weighted by molar-refractivity contribution is -0.123. The number of nitrogens with zero attached hydrogens (tertiary/aromatic N) is 3. The van der Waals surface area contributed by atoms with Gasteiger partial charge in [0.05, 0.1) is 11.4 Å². The second-order valence-corrected chi connectivity index (χ2v) is 5.01. The Hall–Kier alpha value is -2.15. The summed E-state index contributed by atoms with van der Waals surface area (Å²) in [5.41, 5.74) is 1.74. The van der Waals surface area contributed by atoms with Gasteiger partial charge in [0, 0.05) is 12.6 Å². The first-order valence-electron chi connectivity index (χ1n) is 5.62. The lowest BCUT2D eigenvalue weighted by atomic mass is 10.1. The summed E-state index contributed by atoms with van der Waals surface area (Å²) in [7, 11) is 1.64. The highest BCUT2D eigenvalue weighted by Crippen LogP contribution is 2.23. The zero-order chi connectivity index (χ0) is 13.4. The van der Waals surface area contributed by atoms with Gasteiger partial charge in [-0.3, -0.25) is 14.5 Å². The van der Waals surface area contributed by atoms with Crippen molar-refractivity contribution in [3.8, 4) is 0 Å². The second kappa shape index (κ2) is 4.51. The Morgan fingerprint density at radius 3 is 2.79 bits per heavy atom. The topological polar surface area (TPSA) is 74.1 Å². The Kier molecular flexibility index (Phi) is 2.83. The highest BCUT2D eigenvalue weighted by molar-refractivity contribution is 8.15. The Labute approximate surface area is 113 Å². The molecule has 7 heteroatoms. The van der Waals surface area contributed by atoms with Gasteiger partial charge in [-0.05, 0) is 6.07 Å². The second-order valence-electron chi connectivity index (χ2n) is 4.07. The molecule has 96 valence electrons. The van der Waals surface area contributed by atoms with Crippen molar-refractivity contribution in [3.63, 3.8) is 0 Å². The molecule has 0 aliphatic carbocycles. The van der Waals surface area contributed by atoms with E-state index in [2.05, 4.69) is 15.5 Å². The van der Waals surface area contributed by atoms with Crippen LogP contribution in [0.1, 0.15) is 5.56 Å². The lowest BCUT2D eigenvalue weighted by Gasteiger charge is -2.05. The van der Waals surface area contributed by atoms with Crippen molar-refractivity contribution < 1.29 is 9.59 Å². The summed E-state index contributed by atoms with van der Waals surface area (Å²) in [6, 6.07) is 7.29. The molecule has 0 aromatic heterocycles. The fourth-order valence-corrected chi connectivity index (χ4v) is 2.66. The smallest absolute Gasteiger partial charge is 0.276 e. The number of benzene rings is 1. The standard InChI is InChI=1S/C12H10N4O2S/c1-16-9(17)6-19-12(16)15-14-10-7-4-2-3-5-8(7)13-11(10)18/h2-5H,6H2,1H3,(H,13,14,18)/b15-12-. The molecule has 2 aliphatic rings. The minimum absolute atomic E-state index is 0.0137. The number of hydrogen-bond acceptors (Lipinski definition) is 5. The molecule has 1 aromatic rings. The number of anilines is 1. The quantitative estimate of drug-likeness (QED) is 0.773. The Morgan fingerprint density at radius 1 is 1.26 bits per heavy atom. The van der Waals surface area contributed by atoms with Crippen LogP contribution in [0, 0.1) is 0 Å². The maximum atomic E-state index is 11.8. The molecule has 2 aliphatic heterocycles. The number of fused-ring (bicyclic) bond motifs is 1. The van der Waals surface area contributed by atoms with Gasteiger partial charge < -0.3 is 5.32 Å². The number of hydrogen-bond donors (Lipinski definition) is 1. The first kappa shape index (κ1) is 11.9.